The van der Waals surface area contributed by atoms with E-state index in [2.05, 4.69) is 10.1 Å². The van der Waals surface area contributed by atoms with Crippen molar-refractivity contribution >= 4 is 13.3 Å². The third-order valence-corrected chi connectivity index (χ3v) is 6.26. The van der Waals surface area contributed by atoms with Gasteiger partial charge in [-0.3, -0.25) is 9.13 Å². The molecule has 1 saturated heterocycles. The quantitative estimate of drug-likeness (QED) is 0.578. The average molecular weight is 406 g/mol. The Kier molecular flexibility index (Phi) is 6.48. The fraction of sp³-hybridized carbons (Fsp3) is 0.750. The van der Waals surface area contributed by atoms with Gasteiger partial charge < -0.3 is 20.1 Å². The summed E-state index contributed by atoms with van der Waals surface area (Å²) in [5, 5.41) is 13.2. The van der Waals surface area contributed by atoms with Crippen molar-refractivity contribution < 1.29 is 23.3 Å². The molecule has 0 aliphatic carbocycles. The standard InChI is InChI=1S/C16H28FN4O5P/c1-9(2)10(3)20-27(5,24)25-8-11-13(22)16(4,17)14(26-11)21-7-6-12(18)19-15(21)23/h6-7,9-11,13-14,22H,8H2,1-5H3,(H,20,24)(H2,18,19,23)/t10-,11+,13-,14+,16+,27?/m0/s1. The molecular weight excluding hydrogens is 378 g/mol. The highest BCUT2D eigenvalue weighted by Crippen LogP contribution is 2.44. The molecule has 9 nitrogen and oxygen atoms in total. The summed E-state index contributed by atoms with van der Waals surface area (Å²) in [5.74, 6) is 0.228. The van der Waals surface area contributed by atoms with Gasteiger partial charge in [0.05, 0.1) is 6.61 Å². The Balaban J connectivity index is 2.11. The minimum atomic E-state index is -3.19. The number of halogens is 1. The van der Waals surface area contributed by atoms with Gasteiger partial charge in [0.1, 0.15) is 18.0 Å². The largest absolute Gasteiger partial charge is 0.387 e. The monoisotopic (exact) mass is 406 g/mol. The molecule has 1 aliphatic rings. The fourth-order valence-corrected chi connectivity index (χ4v) is 4.27. The SMILES string of the molecule is CC(C)[C@H](C)NP(C)(=O)OC[C@H]1O[C@@H](n2ccc(N)nc2=O)[C@](C)(F)[C@H]1O. The number of hydrogen-bond donors (Lipinski definition) is 3. The van der Waals surface area contributed by atoms with Crippen LogP contribution in [0.2, 0.25) is 0 Å². The molecule has 0 aromatic carbocycles. The second-order valence-electron chi connectivity index (χ2n) is 7.47. The van der Waals surface area contributed by atoms with Crippen LogP contribution in [-0.4, -0.2) is 51.8 Å². The van der Waals surface area contributed by atoms with Gasteiger partial charge in [0.15, 0.2) is 11.9 Å². The van der Waals surface area contributed by atoms with Gasteiger partial charge in [0, 0.05) is 18.9 Å². The summed E-state index contributed by atoms with van der Waals surface area (Å²) in [6, 6.07) is 1.27. The highest BCUT2D eigenvalue weighted by atomic mass is 31.2. The molecule has 4 N–H and O–H groups in total. The van der Waals surface area contributed by atoms with Gasteiger partial charge in [-0.05, 0) is 25.8 Å². The first kappa shape index (κ1) is 22.0. The zero-order valence-electron chi connectivity index (χ0n) is 16.1. The molecule has 1 aliphatic heterocycles. The summed E-state index contributed by atoms with van der Waals surface area (Å²) in [6.07, 6.45) is -2.87. The van der Waals surface area contributed by atoms with Gasteiger partial charge in [-0.15, -0.1) is 0 Å². The summed E-state index contributed by atoms with van der Waals surface area (Å²) < 4.78 is 39.5. The Morgan fingerprint density at radius 3 is 2.74 bits per heavy atom. The normalized spacial score (nSPS) is 31.8. The third kappa shape index (κ3) is 4.94. The van der Waals surface area contributed by atoms with Gasteiger partial charge in [0.25, 0.3) is 7.52 Å². The van der Waals surface area contributed by atoms with Crippen LogP contribution in [0.3, 0.4) is 0 Å². The van der Waals surface area contributed by atoms with E-state index in [0.29, 0.717) is 0 Å². The molecule has 1 aromatic rings. The molecule has 0 spiro atoms. The maximum Gasteiger partial charge on any atom is 0.351 e. The Bertz CT molecular complexity index is 771. The van der Waals surface area contributed by atoms with E-state index in [0.717, 1.165) is 11.5 Å². The number of nitrogen functional groups attached to an aromatic ring is 1. The van der Waals surface area contributed by atoms with Gasteiger partial charge in [-0.2, -0.15) is 4.98 Å². The highest BCUT2D eigenvalue weighted by Gasteiger charge is 2.55. The summed E-state index contributed by atoms with van der Waals surface area (Å²) in [6.45, 7) is 8.04. The maximum atomic E-state index is 15.1. The lowest BCUT2D eigenvalue weighted by atomic mass is 9.98. The lowest BCUT2D eigenvalue weighted by Gasteiger charge is -2.25. The van der Waals surface area contributed by atoms with Crippen LogP contribution in [0.25, 0.3) is 0 Å². The van der Waals surface area contributed by atoms with E-state index in [1.807, 2.05) is 20.8 Å². The number of hydrogen-bond acceptors (Lipinski definition) is 7. The minimum Gasteiger partial charge on any atom is -0.387 e. The number of alkyl halides is 1. The molecule has 2 heterocycles. The summed E-state index contributed by atoms with van der Waals surface area (Å²) in [4.78, 5) is 15.5. The number of nitrogens with zero attached hydrogens (tertiary/aromatic N) is 2. The van der Waals surface area contributed by atoms with E-state index in [1.54, 1.807) is 0 Å². The Labute approximate surface area is 157 Å². The first-order chi connectivity index (χ1) is 12.3. The summed E-state index contributed by atoms with van der Waals surface area (Å²) in [7, 11) is -3.19. The van der Waals surface area contributed by atoms with Crippen LogP contribution in [0.5, 0.6) is 0 Å². The lowest BCUT2D eigenvalue weighted by molar-refractivity contribution is -0.0584. The molecule has 27 heavy (non-hydrogen) atoms. The Morgan fingerprint density at radius 2 is 2.19 bits per heavy atom. The molecule has 154 valence electrons. The van der Waals surface area contributed by atoms with Crippen molar-refractivity contribution in [1.82, 2.24) is 14.6 Å². The molecule has 2 rings (SSSR count). The van der Waals surface area contributed by atoms with Crippen LogP contribution in [0.15, 0.2) is 17.1 Å². The van der Waals surface area contributed by atoms with Crippen molar-refractivity contribution in [2.75, 3.05) is 19.0 Å². The number of ether oxygens (including phenoxy) is 1. The first-order valence-corrected chi connectivity index (χ1v) is 10.8. The number of nitrogens with two attached hydrogens (primary N) is 1. The predicted molar refractivity (Wildman–Crippen MR) is 99.3 cm³/mol. The first-order valence-electron chi connectivity index (χ1n) is 8.72. The lowest BCUT2D eigenvalue weighted by Crippen LogP contribution is -2.43. The molecule has 1 aromatic heterocycles. The maximum absolute atomic E-state index is 15.1. The number of rotatable bonds is 7. The molecule has 0 saturated carbocycles. The molecule has 1 unspecified atom stereocenters. The van der Waals surface area contributed by atoms with Crippen LogP contribution in [-0.2, 0) is 13.8 Å². The van der Waals surface area contributed by atoms with Crippen molar-refractivity contribution in [2.45, 2.75) is 57.8 Å². The van der Waals surface area contributed by atoms with Crippen LogP contribution >= 0.6 is 7.52 Å². The number of aliphatic hydroxyl groups excluding tert-OH is 1. The number of nitrogens with one attached hydrogen (secondary N) is 1. The second-order valence-corrected chi connectivity index (χ2v) is 9.68. The van der Waals surface area contributed by atoms with Crippen molar-refractivity contribution in [3.8, 4) is 0 Å². The third-order valence-electron chi connectivity index (χ3n) is 4.74. The zero-order chi connectivity index (χ0) is 20.6. The fourth-order valence-electron chi connectivity index (χ4n) is 2.73. The zero-order valence-corrected chi connectivity index (χ0v) is 17.0. The van der Waals surface area contributed by atoms with E-state index >= 15 is 4.39 Å². The topological polar surface area (TPSA) is 129 Å². The molecule has 0 amide bonds. The van der Waals surface area contributed by atoms with Crippen molar-refractivity contribution in [3.63, 3.8) is 0 Å². The number of anilines is 1. The second kappa shape index (κ2) is 7.97. The Morgan fingerprint density at radius 1 is 1.56 bits per heavy atom. The van der Waals surface area contributed by atoms with Crippen LogP contribution < -0.4 is 16.5 Å². The summed E-state index contributed by atoms with van der Waals surface area (Å²) >= 11 is 0. The molecule has 0 bridgehead atoms. The Hall–Kier alpha value is -1.32. The van der Waals surface area contributed by atoms with E-state index < -0.39 is 37.3 Å². The van der Waals surface area contributed by atoms with Crippen LogP contribution in [0.1, 0.15) is 33.9 Å². The van der Waals surface area contributed by atoms with Gasteiger partial charge in [-0.25, -0.2) is 14.3 Å². The van der Waals surface area contributed by atoms with Crippen molar-refractivity contribution in [2.24, 2.45) is 5.92 Å². The molecule has 1 fully saturated rings. The van der Waals surface area contributed by atoms with Crippen LogP contribution in [0.4, 0.5) is 10.2 Å². The predicted octanol–water partition coefficient (Wildman–Crippen LogP) is 1.29. The van der Waals surface area contributed by atoms with Gasteiger partial charge in [0.2, 0.25) is 0 Å². The molecule has 0 radical (unpaired) electrons. The molecule has 6 atom stereocenters. The molecular formula is C16H28FN4O5P. The number of aromatic nitrogens is 2. The van der Waals surface area contributed by atoms with Crippen LogP contribution in [0, 0.1) is 5.92 Å². The van der Waals surface area contributed by atoms with E-state index in [1.165, 1.54) is 18.9 Å². The van der Waals surface area contributed by atoms with E-state index in [-0.39, 0.29) is 24.4 Å². The highest BCUT2D eigenvalue weighted by molar-refractivity contribution is 7.56. The van der Waals surface area contributed by atoms with Crippen molar-refractivity contribution in [3.05, 3.63) is 22.7 Å². The van der Waals surface area contributed by atoms with Gasteiger partial charge in [-0.1, -0.05) is 13.8 Å². The van der Waals surface area contributed by atoms with E-state index in [4.69, 9.17) is 15.0 Å². The minimum absolute atomic E-state index is 0.00694. The average Bonchev–Trinajstić information content (AvgIpc) is 2.76. The van der Waals surface area contributed by atoms with E-state index in [9.17, 15) is 14.5 Å². The molecule has 11 heteroatoms. The number of aliphatic hydroxyl groups is 1. The summed E-state index contributed by atoms with van der Waals surface area (Å²) in [5.41, 5.74) is 2.35. The van der Waals surface area contributed by atoms with Gasteiger partial charge >= 0.3 is 5.69 Å². The smallest absolute Gasteiger partial charge is 0.351 e. The van der Waals surface area contributed by atoms with Crippen molar-refractivity contribution in [1.29, 1.82) is 0 Å².